The van der Waals surface area contributed by atoms with Crippen molar-refractivity contribution in [3.05, 3.63) is 16.8 Å². The average Bonchev–Trinajstić information content (AvgIpc) is 2.98. The Balaban J connectivity index is 2.38. The Hall–Kier alpha value is -1.16. The van der Waals surface area contributed by atoms with Crippen LogP contribution >= 0.6 is 0 Å². The van der Waals surface area contributed by atoms with Gasteiger partial charge in [-0.25, -0.2) is 0 Å². The molecule has 1 aliphatic rings. The van der Waals surface area contributed by atoms with E-state index in [1.807, 2.05) is 0 Å². The van der Waals surface area contributed by atoms with Crippen LogP contribution in [0.25, 0.3) is 0 Å². The fourth-order valence-electron chi connectivity index (χ4n) is 3.20. The molecule has 0 radical (unpaired) electrons. The second-order valence-electron chi connectivity index (χ2n) is 5.39. The lowest BCUT2D eigenvalue weighted by Gasteiger charge is -2.28. The number of hydrogen-bond donors (Lipinski definition) is 1. The van der Waals surface area contributed by atoms with E-state index in [0.717, 1.165) is 24.4 Å². The lowest BCUT2D eigenvalue weighted by molar-refractivity contribution is 0.635. The summed E-state index contributed by atoms with van der Waals surface area (Å²) in [4.78, 5) is 2.31. The van der Waals surface area contributed by atoms with Crippen molar-refractivity contribution in [3.63, 3.8) is 0 Å². The highest BCUT2D eigenvalue weighted by Gasteiger charge is 2.24. The summed E-state index contributed by atoms with van der Waals surface area (Å²) in [6, 6.07) is 0.608. The third kappa shape index (κ3) is 2.73. The maximum atomic E-state index is 5.99. The highest BCUT2D eigenvalue weighted by molar-refractivity contribution is 5.51. The molecular weight excluding hydrogens is 236 g/mol. The zero-order valence-electron chi connectivity index (χ0n) is 12.4. The highest BCUT2D eigenvalue weighted by Crippen LogP contribution is 2.29. The number of hydrogen-bond acceptors (Lipinski definition) is 4. The molecular formula is C15H26N4. The number of anilines is 1. The van der Waals surface area contributed by atoms with Gasteiger partial charge in [-0.2, -0.15) is 5.10 Å². The van der Waals surface area contributed by atoms with E-state index in [1.165, 1.54) is 36.8 Å². The van der Waals surface area contributed by atoms with Crippen molar-refractivity contribution < 1.29 is 0 Å². The van der Waals surface area contributed by atoms with Gasteiger partial charge in [-0.15, -0.1) is 5.10 Å². The Morgan fingerprint density at radius 1 is 1.11 bits per heavy atom. The number of rotatable bonds is 5. The third-order valence-electron chi connectivity index (χ3n) is 4.35. The van der Waals surface area contributed by atoms with Crippen LogP contribution in [0.5, 0.6) is 0 Å². The molecule has 4 heteroatoms. The Labute approximate surface area is 116 Å². The quantitative estimate of drug-likeness (QED) is 0.885. The van der Waals surface area contributed by atoms with E-state index in [1.54, 1.807) is 0 Å². The standard InChI is InChI=1S/C15H26N4/c1-4-12-13(10-16)15(18-17-14(12)5-2)19(3)11-8-6-7-9-11/h11H,4-10,16H2,1-3H3. The van der Waals surface area contributed by atoms with E-state index in [0.29, 0.717) is 12.6 Å². The first-order chi connectivity index (χ1) is 9.22. The van der Waals surface area contributed by atoms with Gasteiger partial charge < -0.3 is 10.6 Å². The van der Waals surface area contributed by atoms with Crippen LogP contribution in [0.2, 0.25) is 0 Å². The van der Waals surface area contributed by atoms with Gasteiger partial charge in [0.25, 0.3) is 0 Å². The topological polar surface area (TPSA) is 55.0 Å². The minimum absolute atomic E-state index is 0.554. The minimum Gasteiger partial charge on any atom is -0.355 e. The van der Waals surface area contributed by atoms with Crippen LogP contribution < -0.4 is 10.6 Å². The normalized spacial score (nSPS) is 16.0. The lowest BCUT2D eigenvalue weighted by atomic mass is 10.0. The summed E-state index contributed by atoms with van der Waals surface area (Å²) in [5.74, 6) is 1.00. The number of aryl methyl sites for hydroxylation is 1. The van der Waals surface area contributed by atoms with Gasteiger partial charge in [-0.1, -0.05) is 26.7 Å². The molecule has 106 valence electrons. The van der Waals surface area contributed by atoms with Crippen molar-refractivity contribution in [1.82, 2.24) is 10.2 Å². The molecule has 1 saturated carbocycles. The Kier molecular flexibility index (Phi) is 4.75. The predicted molar refractivity (Wildman–Crippen MR) is 79.3 cm³/mol. The van der Waals surface area contributed by atoms with Gasteiger partial charge in [0.1, 0.15) is 0 Å². The van der Waals surface area contributed by atoms with Crippen LogP contribution in [0, 0.1) is 0 Å². The fraction of sp³-hybridized carbons (Fsp3) is 0.733. The van der Waals surface area contributed by atoms with E-state index in [2.05, 4.69) is 36.0 Å². The first-order valence-electron chi connectivity index (χ1n) is 7.53. The minimum atomic E-state index is 0.554. The summed E-state index contributed by atoms with van der Waals surface area (Å²) in [7, 11) is 2.14. The van der Waals surface area contributed by atoms with Crippen LogP contribution in [-0.2, 0) is 19.4 Å². The van der Waals surface area contributed by atoms with Crippen molar-refractivity contribution in [3.8, 4) is 0 Å². The van der Waals surface area contributed by atoms with Gasteiger partial charge in [0, 0.05) is 25.2 Å². The lowest BCUT2D eigenvalue weighted by Crippen LogP contribution is -2.32. The van der Waals surface area contributed by atoms with Crippen LogP contribution in [-0.4, -0.2) is 23.3 Å². The molecule has 0 spiro atoms. The number of nitrogens with zero attached hydrogens (tertiary/aromatic N) is 3. The highest BCUT2D eigenvalue weighted by atomic mass is 15.3. The first kappa shape index (κ1) is 14.3. The van der Waals surface area contributed by atoms with Gasteiger partial charge >= 0.3 is 0 Å². The molecule has 1 aromatic rings. The van der Waals surface area contributed by atoms with Crippen LogP contribution in [0.3, 0.4) is 0 Å². The fourth-order valence-corrected chi connectivity index (χ4v) is 3.20. The van der Waals surface area contributed by atoms with E-state index >= 15 is 0 Å². The summed E-state index contributed by atoms with van der Waals surface area (Å²) in [6.45, 7) is 4.86. The molecule has 0 saturated heterocycles. The van der Waals surface area contributed by atoms with Crippen molar-refractivity contribution in [2.75, 3.05) is 11.9 Å². The SMILES string of the molecule is CCc1nnc(N(C)C2CCCC2)c(CN)c1CC. The molecule has 1 aliphatic carbocycles. The monoisotopic (exact) mass is 262 g/mol. The largest absolute Gasteiger partial charge is 0.355 e. The molecule has 0 unspecified atom stereocenters. The van der Waals surface area contributed by atoms with E-state index in [9.17, 15) is 0 Å². The van der Waals surface area contributed by atoms with E-state index in [-0.39, 0.29) is 0 Å². The zero-order valence-corrected chi connectivity index (χ0v) is 12.4. The molecule has 0 aromatic carbocycles. The molecule has 1 fully saturated rings. The van der Waals surface area contributed by atoms with Gasteiger partial charge in [0.05, 0.1) is 5.69 Å². The van der Waals surface area contributed by atoms with Crippen LogP contribution in [0.15, 0.2) is 0 Å². The Morgan fingerprint density at radius 2 is 1.79 bits per heavy atom. The van der Waals surface area contributed by atoms with Crippen LogP contribution in [0.4, 0.5) is 5.82 Å². The molecule has 0 amide bonds. The summed E-state index contributed by atoms with van der Waals surface area (Å²) in [6.07, 6.45) is 7.09. The molecule has 0 bridgehead atoms. The van der Waals surface area contributed by atoms with E-state index < -0.39 is 0 Å². The molecule has 2 N–H and O–H groups in total. The molecule has 19 heavy (non-hydrogen) atoms. The molecule has 0 atom stereocenters. The summed E-state index contributed by atoms with van der Waals surface area (Å²) < 4.78 is 0. The summed E-state index contributed by atoms with van der Waals surface area (Å²) in [5, 5.41) is 8.89. The Morgan fingerprint density at radius 3 is 2.32 bits per heavy atom. The maximum Gasteiger partial charge on any atom is 0.156 e. The number of aromatic nitrogens is 2. The van der Waals surface area contributed by atoms with Gasteiger partial charge in [-0.05, 0) is 31.2 Å². The van der Waals surface area contributed by atoms with Crippen LogP contribution in [0.1, 0.15) is 56.4 Å². The zero-order chi connectivity index (χ0) is 13.8. The molecule has 1 heterocycles. The predicted octanol–water partition coefficient (Wildman–Crippen LogP) is 2.44. The van der Waals surface area contributed by atoms with Crippen molar-refractivity contribution in [2.24, 2.45) is 5.73 Å². The van der Waals surface area contributed by atoms with Gasteiger partial charge in [-0.3, -0.25) is 0 Å². The summed E-state index contributed by atoms with van der Waals surface area (Å²) >= 11 is 0. The molecule has 2 rings (SSSR count). The molecule has 1 aromatic heterocycles. The summed E-state index contributed by atoms with van der Waals surface area (Å²) in [5.41, 5.74) is 9.60. The van der Waals surface area contributed by atoms with Crippen molar-refractivity contribution in [1.29, 1.82) is 0 Å². The molecule has 0 aliphatic heterocycles. The smallest absolute Gasteiger partial charge is 0.156 e. The second kappa shape index (κ2) is 6.33. The maximum absolute atomic E-state index is 5.99. The Bertz CT molecular complexity index is 424. The van der Waals surface area contributed by atoms with E-state index in [4.69, 9.17) is 5.73 Å². The van der Waals surface area contributed by atoms with Gasteiger partial charge in [0.15, 0.2) is 5.82 Å². The first-order valence-corrected chi connectivity index (χ1v) is 7.53. The average molecular weight is 262 g/mol. The van der Waals surface area contributed by atoms with Gasteiger partial charge in [0.2, 0.25) is 0 Å². The van der Waals surface area contributed by atoms with Crippen molar-refractivity contribution in [2.45, 2.75) is 65.0 Å². The van der Waals surface area contributed by atoms with Crippen molar-refractivity contribution >= 4 is 5.82 Å². The molecule has 4 nitrogen and oxygen atoms in total. The third-order valence-corrected chi connectivity index (χ3v) is 4.35. The number of nitrogens with two attached hydrogens (primary N) is 1. The second-order valence-corrected chi connectivity index (χ2v) is 5.39.